The third-order valence-corrected chi connectivity index (χ3v) is 4.74. The van der Waals surface area contributed by atoms with E-state index in [0.29, 0.717) is 16.9 Å². The van der Waals surface area contributed by atoms with E-state index in [0.717, 1.165) is 5.56 Å². The molecule has 0 bridgehead atoms. The zero-order chi connectivity index (χ0) is 19.7. The van der Waals surface area contributed by atoms with Crippen molar-refractivity contribution in [3.8, 4) is 0 Å². The van der Waals surface area contributed by atoms with Crippen molar-refractivity contribution in [2.24, 2.45) is 0 Å². The lowest BCUT2D eigenvalue weighted by Crippen LogP contribution is -2.30. The predicted octanol–water partition coefficient (Wildman–Crippen LogP) is 3.41. The molecule has 6 nitrogen and oxygen atoms in total. The fourth-order valence-electron chi connectivity index (χ4n) is 3.40. The molecule has 0 saturated carbocycles. The van der Waals surface area contributed by atoms with Crippen LogP contribution in [0.4, 0.5) is 5.69 Å². The van der Waals surface area contributed by atoms with Crippen LogP contribution in [0.25, 0.3) is 5.76 Å². The van der Waals surface area contributed by atoms with Crippen LogP contribution in [-0.4, -0.2) is 26.8 Å². The number of aromatic nitrogens is 2. The maximum atomic E-state index is 13.0. The second-order valence-electron chi connectivity index (χ2n) is 6.45. The number of aliphatic hydroxyl groups excluding tert-OH is 1. The number of pyridine rings is 2. The molecule has 4 rings (SSSR count). The van der Waals surface area contributed by atoms with Crippen LogP contribution in [0.1, 0.15) is 22.9 Å². The number of rotatable bonds is 3. The first kappa shape index (κ1) is 17.6. The monoisotopic (exact) mass is 371 g/mol. The molecule has 1 N–H and O–H groups in total. The van der Waals surface area contributed by atoms with E-state index in [9.17, 15) is 14.7 Å². The number of ketones is 1. The van der Waals surface area contributed by atoms with Gasteiger partial charge in [0.15, 0.2) is 0 Å². The predicted molar refractivity (Wildman–Crippen MR) is 104 cm³/mol. The minimum Gasteiger partial charge on any atom is -0.507 e. The molecule has 1 amide bonds. The van der Waals surface area contributed by atoms with Gasteiger partial charge >= 0.3 is 0 Å². The molecule has 1 aliphatic rings. The van der Waals surface area contributed by atoms with Crippen LogP contribution in [-0.2, 0) is 9.59 Å². The van der Waals surface area contributed by atoms with Crippen LogP contribution in [0.5, 0.6) is 0 Å². The van der Waals surface area contributed by atoms with Gasteiger partial charge < -0.3 is 5.11 Å². The molecule has 2 aromatic heterocycles. The Morgan fingerprint density at radius 1 is 0.964 bits per heavy atom. The number of aryl methyl sites for hydroxylation is 1. The van der Waals surface area contributed by atoms with Gasteiger partial charge in [-0.1, -0.05) is 24.3 Å². The van der Waals surface area contributed by atoms with Crippen molar-refractivity contribution in [1.82, 2.24) is 9.97 Å². The van der Waals surface area contributed by atoms with Crippen LogP contribution in [0, 0.1) is 6.92 Å². The summed E-state index contributed by atoms with van der Waals surface area (Å²) in [6.07, 6.45) is 4.63. The molecule has 0 radical (unpaired) electrons. The van der Waals surface area contributed by atoms with E-state index in [1.807, 2.05) is 19.1 Å². The highest BCUT2D eigenvalue weighted by Gasteiger charge is 2.47. The smallest absolute Gasteiger partial charge is 0.300 e. The van der Waals surface area contributed by atoms with E-state index in [2.05, 4.69) is 9.97 Å². The summed E-state index contributed by atoms with van der Waals surface area (Å²) in [5.41, 5.74) is 2.38. The largest absolute Gasteiger partial charge is 0.507 e. The minimum atomic E-state index is -0.824. The normalized spacial score (nSPS) is 18.5. The number of aliphatic hydroxyl groups is 1. The topological polar surface area (TPSA) is 83.4 Å². The first-order valence-electron chi connectivity index (χ1n) is 8.77. The maximum Gasteiger partial charge on any atom is 0.300 e. The Morgan fingerprint density at radius 3 is 2.36 bits per heavy atom. The van der Waals surface area contributed by atoms with Crippen LogP contribution < -0.4 is 4.90 Å². The van der Waals surface area contributed by atoms with Crippen LogP contribution in [0.3, 0.4) is 0 Å². The van der Waals surface area contributed by atoms with Gasteiger partial charge in [-0.15, -0.1) is 0 Å². The lowest BCUT2D eigenvalue weighted by molar-refractivity contribution is -0.132. The van der Waals surface area contributed by atoms with E-state index >= 15 is 0 Å². The van der Waals surface area contributed by atoms with Gasteiger partial charge in [0.25, 0.3) is 11.7 Å². The van der Waals surface area contributed by atoms with Crippen molar-refractivity contribution in [3.05, 3.63) is 95.6 Å². The zero-order valence-corrected chi connectivity index (χ0v) is 15.1. The number of nitrogens with zero attached hydrogens (tertiary/aromatic N) is 3. The molecule has 1 unspecified atom stereocenters. The van der Waals surface area contributed by atoms with E-state index in [-0.39, 0.29) is 11.3 Å². The number of para-hydroxylation sites is 1. The average Bonchev–Trinajstić information content (AvgIpc) is 3.00. The second kappa shape index (κ2) is 7.08. The van der Waals surface area contributed by atoms with Gasteiger partial charge in [0, 0.05) is 29.8 Å². The Morgan fingerprint density at radius 2 is 1.68 bits per heavy atom. The van der Waals surface area contributed by atoms with Gasteiger partial charge in [0.05, 0.1) is 11.3 Å². The zero-order valence-electron chi connectivity index (χ0n) is 15.1. The number of benzene rings is 1. The number of carbonyl (C=O) groups excluding carboxylic acids is 2. The Kier molecular flexibility index (Phi) is 4.45. The third kappa shape index (κ3) is 2.85. The van der Waals surface area contributed by atoms with E-state index in [4.69, 9.17) is 0 Å². The van der Waals surface area contributed by atoms with Crippen LogP contribution in [0.2, 0.25) is 0 Å². The summed E-state index contributed by atoms with van der Waals surface area (Å²) >= 11 is 0. The summed E-state index contributed by atoms with van der Waals surface area (Å²) in [6, 6.07) is 15.0. The Bertz CT molecular complexity index is 1080. The molecule has 28 heavy (non-hydrogen) atoms. The highest BCUT2D eigenvalue weighted by molar-refractivity contribution is 6.51. The van der Waals surface area contributed by atoms with Crippen LogP contribution in [0.15, 0.2) is 78.8 Å². The lowest BCUT2D eigenvalue weighted by atomic mass is 9.98. The molecule has 3 heterocycles. The summed E-state index contributed by atoms with van der Waals surface area (Å²) in [5, 5.41) is 10.9. The molecule has 1 aliphatic heterocycles. The number of amides is 1. The highest BCUT2D eigenvalue weighted by Crippen LogP contribution is 2.42. The third-order valence-electron chi connectivity index (χ3n) is 4.74. The summed E-state index contributed by atoms with van der Waals surface area (Å²) in [4.78, 5) is 35.6. The number of carbonyl (C=O) groups is 2. The standard InChI is InChI=1S/C22H17N3O3/c1-14-6-2-3-8-17(14)25-19(16-7-4-5-11-24-16)18(21(27)22(25)28)20(26)15-9-12-23-13-10-15/h2-13,19,26H,1H3/b20-18-. The summed E-state index contributed by atoms with van der Waals surface area (Å²) in [5.74, 6) is -1.68. The second-order valence-corrected chi connectivity index (χ2v) is 6.45. The molecular formula is C22H17N3O3. The Balaban J connectivity index is 1.97. The first-order valence-corrected chi connectivity index (χ1v) is 8.77. The average molecular weight is 371 g/mol. The summed E-state index contributed by atoms with van der Waals surface area (Å²) in [7, 11) is 0. The summed E-state index contributed by atoms with van der Waals surface area (Å²) in [6.45, 7) is 1.87. The molecule has 1 fully saturated rings. The van der Waals surface area contributed by atoms with Gasteiger partial charge in [0.2, 0.25) is 0 Å². The number of Topliss-reactive ketones (excluding diaryl/α,β-unsaturated/α-hetero) is 1. The molecular weight excluding hydrogens is 354 g/mol. The van der Waals surface area contributed by atoms with Crippen molar-refractivity contribution >= 4 is 23.1 Å². The van der Waals surface area contributed by atoms with Crippen molar-refractivity contribution in [2.45, 2.75) is 13.0 Å². The van der Waals surface area contributed by atoms with Crippen molar-refractivity contribution in [1.29, 1.82) is 0 Å². The Labute approximate surface area is 161 Å². The van der Waals surface area contributed by atoms with Crippen LogP contribution >= 0.6 is 0 Å². The SMILES string of the molecule is Cc1ccccc1N1C(=O)C(=O)/C(=C(\O)c2ccncc2)C1c1ccccn1. The fourth-order valence-corrected chi connectivity index (χ4v) is 3.40. The molecule has 0 spiro atoms. The van der Waals surface area contributed by atoms with Gasteiger partial charge in [0.1, 0.15) is 11.8 Å². The number of hydrogen-bond donors (Lipinski definition) is 1. The molecule has 1 aromatic carbocycles. The van der Waals surface area contributed by atoms with Crippen molar-refractivity contribution in [2.75, 3.05) is 4.90 Å². The summed E-state index contributed by atoms with van der Waals surface area (Å²) < 4.78 is 0. The van der Waals surface area contributed by atoms with E-state index < -0.39 is 17.7 Å². The van der Waals surface area contributed by atoms with Gasteiger partial charge in [-0.2, -0.15) is 0 Å². The molecule has 138 valence electrons. The van der Waals surface area contributed by atoms with E-state index in [1.54, 1.807) is 48.7 Å². The van der Waals surface area contributed by atoms with Crippen molar-refractivity contribution < 1.29 is 14.7 Å². The van der Waals surface area contributed by atoms with E-state index in [1.165, 1.54) is 17.3 Å². The minimum absolute atomic E-state index is 0.0122. The highest BCUT2D eigenvalue weighted by atomic mass is 16.3. The molecule has 3 aromatic rings. The number of hydrogen-bond acceptors (Lipinski definition) is 5. The lowest BCUT2D eigenvalue weighted by Gasteiger charge is -2.25. The molecule has 6 heteroatoms. The molecule has 0 aliphatic carbocycles. The van der Waals surface area contributed by atoms with Crippen molar-refractivity contribution in [3.63, 3.8) is 0 Å². The number of anilines is 1. The first-order chi connectivity index (χ1) is 13.6. The maximum absolute atomic E-state index is 13.0. The quantitative estimate of drug-likeness (QED) is 0.433. The van der Waals surface area contributed by atoms with Gasteiger partial charge in [-0.3, -0.25) is 24.5 Å². The van der Waals surface area contributed by atoms with Gasteiger partial charge in [-0.25, -0.2) is 0 Å². The molecule has 1 atom stereocenters. The fraction of sp³-hybridized carbons (Fsp3) is 0.0909. The van der Waals surface area contributed by atoms with Gasteiger partial charge in [-0.05, 0) is 42.8 Å². The molecule has 1 saturated heterocycles. The Hall–Kier alpha value is -3.80.